The Hall–Kier alpha value is -1.67. The first-order valence-electron chi connectivity index (χ1n) is 8.20. The maximum Gasteiger partial charge on any atom is 0.233 e. The van der Waals surface area contributed by atoms with E-state index in [2.05, 4.69) is 29.4 Å². The summed E-state index contributed by atoms with van der Waals surface area (Å²) in [5.41, 5.74) is 0.788. The molecule has 0 unspecified atom stereocenters. The lowest BCUT2D eigenvalue weighted by atomic mass is 10.2. The number of anilines is 1. The second-order valence-corrected chi connectivity index (χ2v) is 8.17. The summed E-state index contributed by atoms with van der Waals surface area (Å²) in [5, 5.41) is 12.2. The molecule has 2 aromatic rings. The smallest absolute Gasteiger partial charge is 0.233 e. The largest absolute Gasteiger partial charge is 0.360 e. The number of carbonyl (C=O) groups excluding carboxylic acids is 1. The summed E-state index contributed by atoms with van der Waals surface area (Å²) in [6.45, 7) is 8.00. The summed E-state index contributed by atoms with van der Waals surface area (Å²) < 4.78 is 14.0. The Bertz CT molecular complexity index is 693. The summed E-state index contributed by atoms with van der Waals surface area (Å²) in [6.07, 6.45) is 0. The van der Waals surface area contributed by atoms with Crippen LogP contribution in [0.1, 0.15) is 26.3 Å². The molecule has 0 bridgehead atoms. The molecule has 0 spiro atoms. The first-order valence-corrected chi connectivity index (χ1v) is 10.0. The van der Waals surface area contributed by atoms with Gasteiger partial charge in [0, 0.05) is 19.6 Å². The zero-order valence-corrected chi connectivity index (χ0v) is 16.3. The number of amides is 1. The number of aromatic nitrogens is 2. The molecule has 8 heteroatoms. The van der Waals surface area contributed by atoms with Gasteiger partial charge in [-0.1, -0.05) is 49.1 Å². The van der Waals surface area contributed by atoms with Gasteiger partial charge in [-0.3, -0.25) is 4.79 Å². The van der Waals surface area contributed by atoms with Crippen LogP contribution in [-0.4, -0.2) is 39.8 Å². The molecule has 1 amide bonds. The van der Waals surface area contributed by atoms with Crippen LogP contribution in [0.5, 0.6) is 0 Å². The van der Waals surface area contributed by atoms with E-state index < -0.39 is 0 Å². The predicted octanol–water partition coefficient (Wildman–Crippen LogP) is 3.89. The fourth-order valence-electron chi connectivity index (χ4n) is 2.08. The summed E-state index contributed by atoms with van der Waals surface area (Å²) in [7, 11) is 0. The normalized spacial score (nSPS) is 10.9. The highest BCUT2D eigenvalue weighted by Crippen LogP contribution is 2.26. The molecule has 0 aliphatic carbocycles. The highest BCUT2D eigenvalue weighted by Gasteiger charge is 2.14. The molecule has 2 rings (SSSR count). The molecule has 0 saturated heterocycles. The van der Waals surface area contributed by atoms with Gasteiger partial charge in [-0.2, -0.15) is 0 Å². The topological polar surface area (TPSA) is 58.1 Å². The maximum absolute atomic E-state index is 13.3. The van der Waals surface area contributed by atoms with E-state index in [1.54, 1.807) is 11.0 Å². The van der Waals surface area contributed by atoms with Crippen molar-refractivity contribution < 1.29 is 9.18 Å². The van der Waals surface area contributed by atoms with Crippen LogP contribution >= 0.6 is 23.1 Å². The van der Waals surface area contributed by atoms with Crippen LogP contribution in [0.3, 0.4) is 0 Å². The van der Waals surface area contributed by atoms with Crippen LogP contribution in [0, 0.1) is 11.7 Å². The molecule has 0 atom stereocenters. The van der Waals surface area contributed by atoms with E-state index in [-0.39, 0.29) is 11.7 Å². The van der Waals surface area contributed by atoms with Crippen molar-refractivity contribution in [1.82, 2.24) is 15.1 Å². The minimum absolute atomic E-state index is 0.00338. The molecule has 0 fully saturated rings. The Labute approximate surface area is 156 Å². The zero-order valence-electron chi connectivity index (χ0n) is 14.7. The van der Waals surface area contributed by atoms with Crippen molar-refractivity contribution in [1.29, 1.82) is 0 Å². The standard InChI is InChI=1S/C17H23FN4OS2/c1-4-22(10-13-6-5-7-14(18)8-13)15(23)11-24-17-21-20-16(25-17)19-9-12(2)3/h5-8,12H,4,9-11H2,1-3H3,(H,19,20). The maximum atomic E-state index is 13.3. The van der Waals surface area contributed by atoms with E-state index in [0.717, 1.165) is 21.6 Å². The monoisotopic (exact) mass is 382 g/mol. The van der Waals surface area contributed by atoms with Crippen LogP contribution < -0.4 is 5.32 Å². The Kier molecular flexibility index (Phi) is 7.64. The van der Waals surface area contributed by atoms with Crippen LogP contribution in [0.15, 0.2) is 28.6 Å². The van der Waals surface area contributed by atoms with Crippen molar-refractivity contribution in [2.45, 2.75) is 31.7 Å². The lowest BCUT2D eigenvalue weighted by molar-refractivity contribution is -0.128. The molecular formula is C17H23FN4OS2. The molecule has 136 valence electrons. The minimum Gasteiger partial charge on any atom is -0.360 e. The van der Waals surface area contributed by atoms with Crippen LogP contribution in [0.25, 0.3) is 0 Å². The third-order valence-electron chi connectivity index (χ3n) is 3.38. The summed E-state index contributed by atoms with van der Waals surface area (Å²) in [6, 6.07) is 6.34. The summed E-state index contributed by atoms with van der Waals surface area (Å²) in [4.78, 5) is 14.1. The average molecular weight is 383 g/mol. The van der Waals surface area contributed by atoms with Crippen molar-refractivity contribution in [2.75, 3.05) is 24.2 Å². The first kappa shape index (κ1) is 19.7. The van der Waals surface area contributed by atoms with E-state index in [1.807, 2.05) is 13.0 Å². The second-order valence-electron chi connectivity index (χ2n) is 5.97. The third kappa shape index (κ3) is 6.62. The molecule has 1 heterocycles. The molecular weight excluding hydrogens is 359 g/mol. The highest BCUT2D eigenvalue weighted by molar-refractivity contribution is 8.01. The summed E-state index contributed by atoms with van der Waals surface area (Å²) >= 11 is 2.83. The minimum atomic E-state index is -0.286. The van der Waals surface area contributed by atoms with E-state index in [4.69, 9.17) is 0 Å². The zero-order chi connectivity index (χ0) is 18.2. The van der Waals surface area contributed by atoms with Crippen molar-refractivity contribution in [3.8, 4) is 0 Å². The molecule has 1 aromatic heterocycles. The number of thioether (sulfide) groups is 1. The van der Waals surface area contributed by atoms with Gasteiger partial charge in [0.1, 0.15) is 5.82 Å². The van der Waals surface area contributed by atoms with Crippen LogP contribution in [-0.2, 0) is 11.3 Å². The number of nitrogens with zero attached hydrogens (tertiary/aromatic N) is 3. The third-order valence-corrected chi connectivity index (χ3v) is 5.38. The molecule has 5 nitrogen and oxygen atoms in total. The number of hydrogen-bond donors (Lipinski definition) is 1. The van der Waals surface area contributed by atoms with Gasteiger partial charge in [-0.25, -0.2) is 4.39 Å². The Morgan fingerprint density at radius 1 is 1.40 bits per heavy atom. The van der Waals surface area contributed by atoms with Crippen molar-refractivity contribution in [3.63, 3.8) is 0 Å². The Balaban J connectivity index is 1.85. The second kappa shape index (κ2) is 9.72. The van der Waals surface area contributed by atoms with Gasteiger partial charge in [0.2, 0.25) is 11.0 Å². The molecule has 0 saturated carbocycles. The molecule has 0 aliphatic heterocycles. The number of rotatable bonds is 9. The molecule has 1 N–H and O–H groups in total. The fraction of sp³-hybridized carbons (Fsp3) is 0.471. The quantitative estimate of drug-likeness (QED) is 0.667. The SMILES string of the molecule is CCN(Cc1cccc(F)c1)C(=O)CSc1nnc(NCC(C)C)s1. The average Bonchev–Trinajstić information content (AvgIpc) is 3.03. The van der Waals surface area contributed by atoms with Crippen LogP contribution in [0.4, 0.5) is 9.52 Å². The van der Waals surface area contributed by atoms with Gasteiger partial charge in [0.25, 0.3) is 0 Å². The molecule has 0 aliphatic rings. The lowest BCUT2D eigenvalue weighted by Crippen LogP contribution is -2.31. The fourth-order valence-corrected chi connectivity index (χ4v) is 3.74. The van der Waals surface area contributed by atoms with Gasteiger partial charge in [-0.05, 0) is 30.5 Å². The van der Waals surface area contributed by atoms with Crippen LogP contribution in [0.2, 0.25) is 0 Å². The number of nitrogens with one attached hydrogen (secondary N) is 1. The number of halogens is 1. The van der Waals surface area contributed by atoms with Gasteiger partial charge < -0.3 is 10.2 Å². The van der Waals surface area contributed by atoms with Crippen molar-refractivity contribution >= 4 is 34.1 Å². The van der Waals surface area contributed by atoms with Gasteiger partial charge in [-0.15, -0.1) is 10.2 Å². The highest BCUT2D eigenvalue weighted by atomic mass is 32.2. The van der Waals surface area contributed by atoms with Gasteiger partial charge >= 0.3 is 0 Å². The number of carbonyl (C=O) groups is 1. The van der Waals surface area contributed by atoms with Gasteiger partial charge in [0.15, 0.2) is 4.34 Å². The van der Waals surface area contributed by atoms with E-state index in [1.165, 1.54) is 35.2 Å². The van der Waals surface area contributed by atoms with E-state index in [0.29, 0.717) is 24.8 Å². The number of hydrogen-bond acceptors (Lipinski definition) is 6. The Morgan fingerprint density at radius 2 is 2.20 bits per heavy atom. The number of benzene rings is 1. The van der Waals surface area contributed by atoms with Crippen molar-refractivity contribution in [3.05, 3.63) is 35.6 Å². The van der Waals surface area contributed by atoms with Crippen molar-refractivity contribution in [2.24, 2.45) is 5.92 Å². The predicted molar refractivity (Wildman–Crippen MR) is 101 cm³/mol. The molecule has 0 radical (unpaired) electrons. The van der Waals surface area contributed by atoms with E-state index in [9.17, 15) is 9.18 Å². The summed E-state index contributed by atoms with van der Waals surface area (Å²) in [5.74, 6) is 0.541. The van der Waals surface area contributed by atoms with Gasteiger partial charge in [0.05, 0.1) is 5.75 Å². The first-order chi connectivity index (χ1) is 12.0. The van der Waals surface area contributed by atoms with E-state index >= 15 is 0 Å². The Morgan fingerprint density at radius 3 is 2.88 bits per heavy atom. The lowest BCUT2D eigenvalue weighted by Gasteiger charge is -2.20. The molecule has 1 aromatic carbocycles. The molecule has 25 heavy (non-hydrogen) atoms.